The van der Waals surface area contributed by atoms with Crippen LogP contribution in [-0.4, -0.2) is 9.66 Å². The van der Waals surface area contributed by atoms with Crippen LogP contribution in [0.25, 0.3) is 11.3 Å². The molecule has 0 fully saturated rings. The minimum atomic E-state index is -0.405. The van der Waals surface area contributed by atoms with Crippen LogP contribution >= 0.6 is 11.6 Å². The highest BCUT2D eigenvalue weighted by molar-refractivity contribution is 6.30. The number of anilines is 1. The largest absolute Gasteiger partial charge is 0.368 e. The summed E-state index contributed by atoms with van der Waals surface area (Å²) in [5.74, 6) is 5.32. The van der Waals surface area contributed by atoms with Crippen molar-refractivity contribution in [2.45, 2.75) is 0 Å². The van der Waals surface area contributed by atoms with Gasteiger partial charge in [-0.1, -0.05) is 23.7 Å². The Labute approximate surface area is 96.3 Å². The summed E-state index contributed by atoms with van der Waals surface area (Å²) in [5, 5.41) is 0.615. The molecule has 0 aliphatic carbocycles. The van der Waals surface area contributed by atoms with E-state index in [1.807, 2.05) is 0 Å². The van der Waals surface area contributed by atoms with Crippen molar-refractivity contribution in [1.29, 1.82) is 0 Å². The average molecular weight is 237 g/mol. The van der Waals surface area contributed by atoms with Crippen molar-refractivity contribution in [3.63, 3.8) is 0 Å². The highest BCUT2D eigenvalue weighted by atomic mass is 35.5. The molecule has 4 N–H and O–H groups in total. The molecule has 0 amide bonds. The lowest BCUT2D eigenvalue weighted by Gasteiger charge is -2.05. The van der Waals surface area contributed by atoms with Gasteiger partial charge in [-0.3, -0.25) is 4.79 Å². The number of benzene rings is 1. The van der Waals surface area contributed by atoms with Gasteiger partial charge in [-0.05, 0) is 12.1 Å². The third kappa shape index (κ3) is 1.85. The predicted molar refractivity (Wildman–Crippen MR) is 63.5 cm³/mol. The Balaban J connectivity index is 2.57. The molecule has 1 aromatic heterocycles. The van der Waals surface area contributed by atoms with Crippen molar-refractivity contribution in [3.05, 3.63) is 45.7 Å². The number of halogens is 1. The maximum absolute atomic E-state index is 11.4. The summed E-state index contributed by atoms with van der Waals surface area (Å²) in [6, 6.07) is 8.25. The van der Waals surface area contributed by atoms with Gasteiger partial charge in [0.15, 0.2) is 0 Å². The van der Waals surface area contributed by atoms with Gasteiger partial charge < -0.3 is 11.6 Å². The first-order valence-corrected chi connectivity index (χ1v) is 4.86. The molecule has 0 bridgehead atoms. The standard InChI is InChI=1S/C10H9ClN4O/c11-7-3-1-6(2-4-7)8-5-9(16)15(13)10(12)14-8/h1-5H,13H2,(H2,12,14). The van der Waals surface area contributed by atoms with Crippen LogP contribution in [0.2, 0.25) is 5.02 Å². The monoisotopic (exact) mass is 236 g/mol. The van der Waals surface area contributed by atoms with Crippen LogP contribution in [0.1, 0.15) is 0 Å². The molecule has 5 nitrogen and oxygen atoms in total. The van der Waals surface area contributed by atoms with E-state index in [2.05, 4.69) is 4.98 Å². The zero-order valence-corrected chi connectivity index (χ0v) is 8.98. The van der Waals surface area contributed by atoms with Crippen LogP contribution in [0.5, 0.6) is 0 Å². The second-order valence-electron chi connectivity index (χ2n) is 3.21. The lowest BCUT2D eigenvalue weighted by atomic mass is 10.1. The third-order valence-corrected chi connectivity index (χ3v) is 2.37. The predicted octanol–water partition coefficient (Wildman–Crippen LogP) is 0.860. The number of nitrogens with zero attached hydrogens (tertiary/aromatic N) is 2. The summed E-state index contributed by atoms with van der Waals surface area (Å²) in [7, 11) is 0. The van der Waals surface area contributed by atoms with Crippen molar-refractivity contribution < 1.29 is 0 Å². The van der Waals surface area contributed by atoms with Crippen molar-refractivity contribution in [3.8, 4) is 11.3 Å². The molecule has 82 valence electrons. The first kappa shape index (κ1) is 10.5. The zero-order valence-electron chi connectivity index (χ0n) is 8.22. The molecular weight excluding hydrogens is 228 g/mol. The summed E-state index contributed by atoms with van der Waals surface area (Å²) in [5.41, 5.74) is 6.32. The van der Waals surface area contributed by atoms with E-state index in [9.17, 15) is 4.79 Å². The molecule has 2 aromatic rings. The number of hydrogen-bond acceptors (Lipinski definition) is 4. The Hall–Kier alpha value is -2.01. The van der Waals surface area contributed by atoms with Crippen LogP contribution < -0.4 is 17.1 Å². The smallest absolute Gasteiger partial charge is 0.273 e. The molecule has 1 aromatic carbocycles. The molecule has 16 heavy (non-hydrogen) atoms. The van der Waals surface area contributed by atoms with Gasteiger partial charge in [0, 0.05) is 16.7 Å². The van der Waals surface area contributed by atoms with Crippen LogP contribution in [0.15, 0.2) is 35.1 Å². The van der Waals surface area contributed by atoms with Gasteiger partial charge in [0.2, 0.25) is 5.95 Å². The molecule has 2 rings (SSSR count). The Bertz CT molecular complexity index is 576. The number of nitrogens with two attached hydrogens (primary N) is 2. The maximum atomic E-state index is 11.4. The van der Waals surface area contributed by atoms with Crippen LogP contribution in [-0.2, 0) is 0 Å². The fourth-order valence-electron chi connectivity index (χ4n) is 1.28. The number of rotatable bonds is 1. The summed E-state index contributed by atoms with van der Waals surface area (Å²) < 4.78 is 0.791. The van der Waals surface area contributed by atoms with E-state index in [1.54, 1.807) is 24.3 Å². The molecule has 0 saturated carbocycles. The van der Waals surface area contributed by atoms with E-state index in [4.69, 9.17) is 23.2 Å². The highest BCUT2D eigenvalue weighted by Gasteiger charge is 2.05. The van der Waals surface area contributed by atoms with Crippen LogP contribution in [0.3, 0.4) is 0 Å². The Morgan fingerprint density at radius 3 is 2.44 bits per heavy atom. The molecule has 0 unspecified atom stereocenters. The van der Waals surface area contributed by atoms with Gasteiger partial charge in [-0.2, -0.15) is 4.68 Å². The number of nitrogen functional groups attached to an aromatic ring is 2. The molecule has 0 spiro atoms. The van der Waals surface area contributed by atoms with E-state index in [0.29, 0.717) is 10.7 Å². The molecule has 1 heterocycles. The quantitative estimate of drug-likeness (QED) is 0.719. The van der Waals surface area contributed by atoms with Gasteiger partial charge in [0.05, 0.1) is 5.69 Å². The Kier molecular flexibility index (Phi) is 2.54. The normalized spacial score (nSPS) is 10.3. The van der Waals surface area contributed by atoms with Crippen molar-refractivity contribution >= 4 is 17.5 Å². The topological polar surface area (TPSA) is 86.9 Å². The van der Waals surface area contributed by atoms with E-state index in [1.165, 1.54) is 6.07 Å². The van der Waals surface area contributed by atoms with Gasteiger partial charge >= 0.3 is 0 Å². The van der Waals surface area contributed by atoms with Crippen LogP contribution in [0.4, 0.5) is 5.95 Å². The summed E-state index contributed by atoms with van der Waals surface area (Å²) in [6.45, 7) is 0. The Morgan fingerprint density at radius 2 is 1.88 bits per heavy atom. The lowest BCUT2D eigenvalue weighted by Crippen LogP contribution is -2.30. The molecule has 0 aliphatic rings. The van der Waals surface area contributed by atoms with E-state index in [0.717, 1.165) is 10.2 Å². The first-order valence-electron chi connectivity index (χ1n) is 4.48. The minimum absolute atomic E-state index is 0.0301. The summed E-state index contributed by atoms with van der Waals surface area (Å²) in [6.07, 6.45) is 0. The van der Waals surface area contributed by atoms with E-state index in [-0.39, 0.29) is 5.95 Å². The first-order chi connectivity index (χ1) is 7.58. The van der Waals surface area contributed by atoms with Gasteiger partial charge in [0.25, 0.3) is 5.56 Å². The van der Waals surface area contributed by atoms with E-state index >= 15 is 0 Å². The van der Waals surface area contributed by atoms with E-state index < -0.39 is 5.56 Å². The third-order valence-electron chi connectivity index (χ3n) is 2.12. The van der Waals surface area contributed by atoms with Gasteiger partial charge in [-0.25, -0.2) is 4.98 Å². The lowest BCUT2D eigenvalue weighted by molar-refractivity contribution is 0.913. The van der Waals surface area contributed by atoms with Crippen molar-refractivity contribution in [1.82, 2.24) is 9.66 Å². The minimum Gasteiger partial charge on any atom is -0.368 e. The Morgan fingerprint density at radius 1 is 1.25 bits per heavy atom. The second-order valence-corrected chi connectivity index (χ2v) is 3.65. The molecule has 6 heteroatoms. The molecule has 0 radical (unpaired) electrons. The average Bonchev–Trinajstić information content (AvgIpc) is 2.26. The van der Waals surface area contributed by atoms with Crippen LogP contribution in [0, 0.1) is 0 Å². The highest BCUT2D eigenvalue weighted by Crippen LogP contribution is 2.18. The second kappa shape index (κ2) is 3.86. The summed E-state index contributed by atoms with van der Waals surface area (Å²) >= 11 is 5.76. The van der Waals surface area contributed by atoms with Crippen molar-refractivity contribution in [2.75, 3.05) is 11.6 Å². The fraction of sp³-hybridized carbons (Fsp3) is 0. The van der Waals surface area contributed by atoms with Crippen molar-refractivity contribution in [2.24, 2.45) is 0 Å². The molecular formula is C10H9ClN4O. The SMILES string of the molecule is Nc1nc(-c2ccc(Cl)cc2)cc(=O)n1N. The van der Waals surface area contributed by atoms with Gasteiger partial charge in [0.1, 0.15) is 0 Å². The number of aromatic nitrogens is 2. The fourth-order valence-corrected chi connectivity index (χ4v) is 1.40. The number of hydrogen-bond donors (Lipinski definition) is 2. The molecule has 0 atom stereocenters. The molecule has 0 aliphatic heterocycles. The zero-order chi connectivity index (χ0) is 11.7. The molecule has 0 saturated heterocycles. The maximum Gasteiger partial charge on any atom is 0.273 e. The summed E-state index contributed by atoms with van der Waals surface area (Å²) in [4.78, 5) is 15.4. The van der Waals surface area contributed by atoms with Gasteiger partial charge in [-0.15, -0.1) is 0 Å².